The maximum absolute atomic E-state index is 12.3. The largest absolute Gasteiger partial charge is 0.383 e. The van der Waals surface area contributed by atoms with E-state index in [9.17, 15) is 8.42 Å². The molecule has 0 radical (unpaired) electrons. The number of ether oxygens (including phenoxy) is 1. The van der Waals surface area contributed by atoms with Crippen molar-refractivity contribution in [2.75, 3.05) is 13.7 Å². The molecule has 0 fully saturated rings. The summed E-state index contributed by atoms with van der Waals surface area (Å²) in [5, 5.41) is 0. The van der Waals surface area contributed by atoms with E-state index in [1.54, 1.807) is 26.0 Å². The molecule has 0 bridgehead atoms. The molecule has 3 N–H and O–H groups in total. The van der Waals surface area contributed by atoms with Crippen molar-refractivity contribution in [2.24, 2.45) is 5.73 Å². The Morgan fingerprint density at radius 3 is 2.53 bits per heavy atom. The predicted molar refractivity (Wildman–Crippen MR) is 78.3 cm³/mol. The zero-order valence-corrected chi connectivity index (χ0v) is 13.6. The summed E-state index contributed by atoms with van der Waals surface area (Å²) in [7, 11) is -2.08. The van der Waals surface area contributed by atoms with E-state index in [0.717, 1.165) is 5.56 Å². The Morgan fingerprint density at radius 2 is 2.05 bits per heavy atom. The van der Waals surface area contributed by atoms with Crippen LogP contribution in [-0.2, 0) is 21.3 Å². The van der Waals surface area contributed by atoms with Crippen LogP contribution in [0.5, 0.6) is 0 Å². The highest BCUT2D eigenvalue weighted by molar-refractivity contribution is 9.10. The SMILES string of the molecule is COCC(C)(C)NS(=O)(=O)c1ccc(CN)cc1Br. The van der Waals surface area contributed by atoms with Crippen LogP contribution in [0, 0.1) is 0 Å². The molecular weight excluding hydrogens is 332 g/mol. The number of hydrogen-bond acceptors (Lipinski definition) is 4. The minimum Gasteiger partial charge on any atom is -0.383 e. The van der Waals surface area contributed by atoms with Crippen LogP contribution in [0.3, 0.4) is 0 Å². The molecule has 108 valence electrons. The van der Waals surface area contributed by atoms with Crippen molar-refractivity contribution < 1.29 is 13.2 Å². The molecule has 7 heteroatoms. The van der Waals surface area contributed by atoms with Crippen molar-refractivity contribution in [3.8, 4) is 0 Å². The maximum Gasteiger partial charge on any atom is 0.242 e. The van der Waals surface area contributed by atoms with E-state index in [-0.39, 0.29) is 11.5 Å². The molecule has 0 saturated carbocycles. The predicted octanol–water partition coefficient (Wildman–Crippen LogP) is 1.61. The normalized spacial score (nSPS) is 12.7. The Balaban J connectivity index is 3.07. The summed E-state index contributed by atoms with van der Waals surface area (Å²) in [5.41, 5.74) is 5.70. The molecule has 19 heavy (non-hydrogen) atoms. The van der Waals surface area contributed by atoms with Crippen molar-refractivity contribution in [2.45, 2.75) is 30.8 Å². The number of rotatable bonds is 6. The zero-order chi connectivity index (χ0) is 14.7. The number of benzene rings is 1. The molecule has 5 nitrogen and oxygen atoms in total. The lowest BCUT2D eigenvalue weighted by atomic mass is 10.1. The fraction of sp³-hybridized carbons (Fsp3) is 0.500. The second kappa shape index (κ2) is 6.32. The lowest BCUT2D eigenvalue weighted by Gasteiger charge is -2.25. The van der Waals surface area contributed by atoms with Crippen LogP contribution in [0.4, 0.5) is 0 Å². The van der Waals surface area contributed by atoms with Gasteiger partial charge in [0.1, 0.15) is 0 Å². The molecule has 1 aromatic rings. The summed E-state index contributed by atoms with van der Waals surface area (Å²) in [4.78, 5) is 0.189. The number of nitrogens with two attached hydrogens (primary N) is 1. The van der Waals surface area contributed by atoms with Gasteiger partial charge in [0.05, 0.1) is 17.0 Å². The molecule has 0 heterocycles. The summed E-state index contributed by atoms with van der Waals surface area (Å²) in [6, 6.07) is 4.94. The highest BCUT2D eigenvalue weighted by Gasteiger charge is 2.27. The minimum atomic E-state index is -3.61. The zero-order valence-electron chi connectivity index (χ0n) is 11.2. The smallest absolute Gasteiger partial charge is 0.242 e. The average Bonchev–Trinajstić information content (AvgIpc) is 2.26. The lowest BCUT2D eigenvalue weighted by molar-refractivity contribution is 0.141. The number of methoxy groups -OCH3 is 1. The van der Waals surface area contributed by atoms with Gasteiger partial charge in [-0.1, -0.05) is 6.07 Å². The van der Waals surface area contributed by atoms with E-state index in [1.807, 2.05) is 0 Å². The van der Waals surface area contributed by atoms with Gasteiger partial charge in [0, 0.05) is 18.1 Å². The van der Waals surface area contributed by atoms with Gasteiger partial charge in [-0.15, -0.1) is 0 Å². The van der Waals surface area contributed by atoms with Gasteiger partial charge in [-0.05, 0) is 47.5 Å². The Kier molecular flexibility index (Phi) is 5.52. The van der Waals surface area contributed by atoms with Crippen LogP contribution in [0.1, 0.15) is 19.4 Å². The van der Waals surface area contributed by atoms with Gasteiger partial charge in [-0.2, -0.15) is 0 Å². The Bertz CT molecular complexity index is 544. The van der Waals surface area contributed by atoms with E-state index in [1.165, 1.54) is 13.2 Å². The molecule has 0 aliphatic carbocycles. The summed E-state index contributed by atoms with van der Waals surface area (Å²) < 4.78 is 32.7. The fourth-order valence-electron chi connectivity index (χ4n) is 1.70. The Hall–Kier alpha value is -0.470. The third-order valence-corrected chi connectivity index (χ3v) is 5.11. The monoisotopic (exact) mass is 350 g/mol. The van der Waals surface area contributed by atoms with Crippen molar-refractivity contribution in [3.05, 3.63) is 28.2 Å². The second-order valence-electron chi connectivity index (χ2n) is 4.89. The number of nitrogens with one attached hydrogen (secondary N) is 1. The molecule has 0 atom stereocenters. The molecule has 0 amide bonds. The van der Waals surface area contributed by atoms with E-state index in [2.05, 4.69) is 20.7 Å². The molecule has 1 aromatic carbocycles. The summed E-state index contributed by atoms with van der Waals surface area (Å²) >= 11 is 3.26. The van der Waals surface area contributed by atoms with Gasteiger partial charge >= 0.3 is 0 Å². The van der Waals surface area contributed by atoms with Crippen molar-refractivity contribution in [1.29, 1.82) is 0 Å². The van der Waals surface area contributed by atoms with E-state index in [0.29, 0.717) is 11.0 Å². The van der Waals surface area contributed by atoms with E-state index in [4.69, 9.17) is 10.5 Å². The first-order chi connectivity index (χ1) is 8.72. The van der Waals surface area contributed by atoms with Crippen LogP contribution < -0.4 is 10.5 Å². The van der Waals surface area contributed by atoms with Crippen molar-refractivity contribution in [3.63, 3.8) is 0 Å². The van der Waals surface area contributed by atoms with Gasteiger partial charge in [0.25, 0.3) is 0 Å². The topological polar surface area (TPSA) is 81.4 Å². The highest BCUT2D eigenvalue weighted by Crippen LogP contribution is 2.24. The van der Waals surface area contributed by atoms with Gasteiger partial charge < -0.3 is 10.5 Å². The molecule has 1 rings (SSSR count). The van der Waals surface area contributed by atoms with E-state index < -0.39 is 15.6 Å². The van der Waals surface area contributed by atoms with Gasteiger partial charge in [-0.3, -0.25) is 0 Å². The minimum absolute atomic E-state index is 0.189. The lowest BCUT2D eigenvalue weighted by Crippen LogP contribution is -2.46. The van der Waals surface area contributed by atoms with Crippen LogP contribution in [0.2, 0.25) is 0 Å². The van der Waals surface area contributed by atoms with Crippen LogP contribution >= 0.6 is 15.9 Å². The van der Waals surface area contributed by atoms with Crippen molar-refractivity contribution in [1.82, 2.24) is 4.72 Å². The number of sulfonamides is 1. The Labute approximate surface area is 122 Å². The number of halogens is 1. The molecule has 0 aliphatic heterocycles. The second-order valence-corrected chi connectivity index (χ2v) is 7.40. The summed E-state index contributed by atoms with van der Waals surface area (Å²) in [6.07, 6.45) is 0. The molecule has 0 aromatic heterocycles. The Morgan fingerprint density at radius 1 is 1.42 bits per heavy atom. The van der Waals surface area contributed by atoms with Crippen LogP contribution in [-0.4, -0.2) is 27.7 Å². The third-order valence-electron chi connectivity index (χ3n) is 2.44. The van der Waals surface area contributed by atoms with Crippen LogP contribution in [0.15, 0.2) is 27.6 Å². The molecular formula is C12H19BrN2O3S. The van der Waals surface area contributed by atoms with E-state index >= 15 is 0 Å². The first-order valence-electron chi connectivity index (χ1n) is 5.73. The summed E-state index contributed by atoms with van der Waals surface area (Å²) in [6.45, 7) is 4.17. The molecule has 0 aliphatic rings. The van der Waals surface area contributed by atoms with Gasteiger partial charge in [0.15, 0.2) is 0 Å². The first-order valence-corrected chi connectivity index (χ1v) is 8.01. The van der Waals surface area contributed by atoms with Crippen molar-refractivity contribution >= 4 is 26.0 Å². The standard InChI is InChI=1S/C12H19BrN2O3S/c1-12(2,8-18-3)15-19(16,17)11-5-4-9(7-14)6-10(11)13/h4-6,15H,7-8,14H2,1-3H3. The van der Waals surface area contributed by atoms with Gasteiger partial charge in [0.2, 0.25) is 10.0 Å². The fourth-order valence-corrected chi connectivity index (χ4v) is 4.22. The summed E-state index contributed by atoms with van der Waals surface area (Å²) in [5.74, 6) is 0. The molecule has 0 spiro atoms. The molecule has 0 saturated heterocycles. The van der Waals surface area contributed by atoms with Gasteiger partial charge in [-0.25, -0.2) is 13.1 Å². The number of hydrogen-bond donors (Lipinski definition) is 2. The molecule has 0 unspecified atom stereocenters. The first kappa shape index (κ1) is 16.6. The van der Waals surface area contributed by atoms with Crippen LogP contribution in [0.25, 0.3) is 0 Å². The third kappa shape index (κ3) is 4.54. The average molecular weight is 351 g/mol. The maximum atomic E-state index is 12.3. The highest BCUT2D eigenvalue weighted by atomic mass is 79.9. The quantitative estimate of drug-likeness (QED) is 0.816.